The molecule has 1 amide bonds. The lowest BCUT2D eigenvalue weighted by Gasteiger charge is -2.34. The summed E-state index contributed by atoms with van der Waals surface area (Å²) in [5.41, 5.74) is 0. The molecule has 0 aromatic heterocycles. The predicted molar refractivity (Wildman–Crippen MR) is 113 cm³/mol. The molecule has 1 unspecified atom stereocenters. The van der Waals surface area contributed by atoms with Crippen LogP contribution in [0, 0.1) is 0 Å². The summed E-state index contributed by atoms with van der Waals surface area (Å²) >= 11 is 13.6. The van der Waals surface area contributed by atoms with Crippen LogP contribution in [0.1, 0.15) is 38.5 Å². The third-order valence-electron chi connectivity index (χ3n) is 4.86. The fourth-order valence-corrected chi connectivity index (χ4v) is 5.75. The van der Waals surface area contributed by atoms with E-state index in [0.29, 0.717) is 12.2 Å². The van der Waals surface area contributed by atoms with Gasteiger partial charge in [-0.25, -0.2) is 8.42 Å². The summed E-state index contributed by atoms with van der Waals surface area (Å²) in [5, 5.41) is 0.342. The van der Waals surface area contributed by atoms with Gasteiger partial charge < -0.3 is 4.90 Å². The first-order valence-corrected chi connectivity index (χ1v) is 12.6. The van der Waals surface area contributed by atoms with E-state index in [0.717, 1.165) is 25.7 Å². The van der Waals surface area contributed by atoms with Crippen molar-refractivity contribution in [3.05, 3.63) is 28.2 Å². The molecule has 0 heterocycles. The Morgan fingerprint density at radius 2 is 1.96 bits per heavy atom. The zero-order valence-corrected chi connectivity index (χ0v) is 18.7. The van der Waals surface area contributed by atoms with Gasteiger partial charge in [-0.3, -0.25) is 4.79 Å². The Balaban J connectivity index is 2.21. The fraction of sp³-hybridized carbons (Fsp3) is 0.611. The number of rotatable bonds is 8. The first-order valence-electron chi connectivity index (χ1n) is 8.99. The zero-order valence-electron chi connectivity index (χ0n) is 15.6. The van der Waals surface area contributed by atoms with E-state index in [1.807, 2.05) is 6.26 Å². The Kier molecular flexibility index (Phi) is 8.74. The smallest absolute Gasteiger partial charge is 0.242 e. The van der Waals surface area contributed by atoms with Crippen molar-refractivity contribution in [2.75, 3.05) is 19.1 Å². The highest BCUT2D eigenvalue weighted by molar-refractivity contribution is 7.98. The van der Waals surface area contributed by atoms with E-state index >= 15 is 0 Å². The number of thioether (sulfide) groups is 1. The lowest BCUT2D eigenvalue weighted by atomic mass is 9.94. The molecule has 0 radical (unpaired) electrons. The minimum absolute atomic E-state index is 0.0728. The molecule has 1 aliphatic carbocycles. The standard InChI is InChI=1S/C18H26Cl2N2O3S2/c1-22(14-6-4-3-5-7-14)18(23)16(10-11-26-2)21-27(24,25)17-12-13(19)8-9-15(17)20/h8-9,12,14,16,21H,3-7,10-11H2,1-2H3. The molecular formula is C18H26Cl2N2O3S2. The third kappa shape index (κ3) is 6.26. The van der Waals surface area contributed by atoms with Crippen LogP contribution in [-0.2, 0) is 14.8 Å². The number of likely N-dealkylation sites (N-methyl/N-ethyl adjacent to an activating group) is 1. The molecule has 2 rings (SSSR count). The molecule has 0 bridgehead atoms. The summed E-state index contributed by atoms with van der Waals surface area (Å²) in [6, 6.07) is 3.60. The fourth-order valence-electron chi connectivity index (χ4n) is 3.30. The topological polar surface area (TPSA) is 66.5 Å². The molecule has 1 aliphatic rings. The second kappa shape index (κ2) is 10.3. The molecule has 1 saturated carbocycles. The van der Waals surface area contributed by atoms with Crippen LogP contribution in [0.15, 0.2) is 23.1 Å². The van der Waals surface area contributed by atoms with Crippen molar-refractivity contribution in [3.8, 4) is 0 Å². The molecule has 27 heavy (non-hydrogen) atoms. The van der Waals surface area contributed by atoms with Crippen LogP contribution in [0.25, 0.3) is 0 Å². The van der Waals surface area contributed by atoms with E-state index < -0.39 is 16.1 Å². The van der Waals surface area contributed by atoms with Crippen LogP contribution >= 0.6 is 35.0 Å². The van der Waals surface area contributed by atoms with Crippen molar-refractivity contribution in [3.63, 3.8) is 0 Å². The van der Waals surface area contributed by atoms with Gasteiger partial charge in [-0.1, -0.05) is 42.5 Å². The van der Waals surface area contributed by atoms with Gasteiger partial charge >= 0.3 is 0 Å². The number of nitrogens with one attached hydrogen (secondary N) is 1. The summed E-state index contributed by atoms with van der Waals surface area (Å²) in [6.07, 6.45) is 7.65. The Hall–Kier alpha value is -0.470. The van der Waals surface area contributed by atoms with Crippen LogP contribution in [-0.4, -0.2) is 50.4 Å². The van der Waals surface area contributed by atoms with Gasteiger partial charge in [-0.2, -0.15) is 16.5 Å². The second-order valence-electron chi connectivity index (χ2n) is 6.77. The molecular weight excluding hydrogens is 427 g/mol. The van der Waals surface area contributed by atoms with Crippen molar-refractivity contribution in [1.29, 1.82) is 0 Å². The van der Waals surface area contributed by atoms with Crippen molar-refractivity contribution in [2.24, 2.45) is 0 Å². The van der Waals surface area contributed by atoms with Gasteiger partial charge in [0.25, 0.3) is 0 Å². The van der Waals surface area contributed by atoms with Crippen molar-refractivity contribution >= 4 is 50.9 Å². The van der Waals surface area contributed by atoms with Crippen molar-refractivity contribution < 1.29 is 13.2 Å². The lowest BCUT2D eigenvalue weighted by molar-refractivity contribution is -0.134. The number of carbonyl (C=O) groups excluding carboxylic acids is 1. The number of hydrogen-bond acceptors (Lipinski definition) is 4. The van der Waals surface area contributed by atoms with Crippen LogP contribution in [0.5, 0.6) is 0 Å². The van der Waals surface area contributed by atoms with E-state index in [1.165, 1.54) is 24.6 Å². The lowest BCUT2D eigenvalue weighted by Crippen LogP contribution is -2.50. The molecule has 152 valence electrons. The Morgan fingerprint density at radius 1 is 1.30 bits per heavy atom. The average molecular weight is 453 g/mol. The number of halogens is 2. The molecule has 1 aromatic carbocycles. The summed E-state index contributed by atoms with van der Waals surface area (Å²) < 4.78 is 28.3. The van der Waals surface area contributed by atoms with E-state index in [9.17, 15) is 13.2 Å². The van der Waals surface area contributed by atoms with Crippen LogP contribution in [0.2, 0.25) is 10.0 Å². The zero-order chi connectivity index (χ0) is 20.0. The third-order valence-corrected chi connectivity index (χ3v) is 7.69. The van der Waals surface area contributed by atoms with Gasteiger partial charge in [-0.15, -0.1) is 0 Å². The largest absolute Gasteiger partial charge is 0.341 e. The Labute approximate surface area is 176 Å². The van der Waals surface area contributed by atoms with E-state index in [4.69, 9.17) is 23.2 Å². The van der Waals surface area contributed by atoms with Gasteiger partial charge in [0.15, 0.2) is 0 Å². The minimum atomic E-state index is -3.98. The first kappa shape index (κ1) is 22.8. The number of nitrogens with zero attached hydrogens (tertiary/aromatic N) is 1. The van der Waals surface area contributed by atoms with Gasteiger partial charge in [0.1, 0.15) is 10.9 Å². The highest BCUT2D eigenvalue weighted by Crippen LogP contribution is 2.26. The monoisotopic (exact) mass is 452 g/mol. The molecule has 9 heteroatoms. The number of hydrogen-bond donors (Lipinski definition) is 1. The van der Waals surface area contributed by atoms with E-state index in [1.54, 1.807) is 23.7 Å². The van der Waals surface area contributed by atoms with E-state index in [-0.39, 0.29) is 26.9 Å². The summed E-state index contributed by atoms with van der Waals surface area (Å²) in [7, 11) is -2.21. The number of carbonyl (C=O) groups is 1. The van der Waals surface area contributed by atoms with E-state index in [2.05, 4.69) is 4.72 Å². The molecule has 1 N–H and O–H groups in total. The number of amides is 1. The maximum Gasteiger partial charge on any atom is 0.242 e. The molecule has 0 spiro atoms. The molecule has 1 atom stereocenters. The molecule has 0 aliphatic heterocycles. The maximum absolute atomic E-state index is 13.0. The Bertz CT molecular complexity index is 753. The first-order chi connectivity index (χ1) is 12.8. The summed E-state index contributed by atoms with van der Waals surface area (Å²) in [6.45, 7) is 0. The highest BCUT2D eigenvalue weighted by atomic mass is 35.5. The Morgan fingerprint density at radius 3 is 2.59 bits per heavy atom. The van der Waals surface area contributed by atoms with Crippen LogP contribution in [0.3, 0.4) is 0 Å². The molecule has 1 aromatic rings. The highest BCUT2D eigenvalue weighted by Gasteiger charge is 2.32. The predicted octanol–water partition coefficient (Wildman–Crippen LogP) is 4.18. The number of benzene rings is 1. The SMILES string of the molecule is CSCCC(NS(=O)(=O)c1cc(Cl)ccc1Cl)C(=O)N(C)C1CCCCC1. The molecule has 1 fully saturated rings. The second-order valence-corrected chi connectivity index (χ2v) is 10.3. The van der Waals surface area contributed by atoms with Gasteiger partial charge in [0.05, 0.1) is 5.02 Å². The summed E-state index contributed by atoms with van der Waals surface area (Å²) in [5.74, 6) is 0.471. The van der Waals surface area contributed by atoms with Gasteiger partial charge in [-0.05, 0) is 49.5 Å². The normalized spacial score (nSPS) is 16.9. The number of sulfonamides is 1. The molecule has 0 saturated heterocycles. The average Bonchev–Trinajstić information content (AvgIpc) is 2.66. The quantitative estimate of drug-likeness (QED) is 0.641. The summed E-state index contributed by atoms with van der Waals surface area (Å²) in [4.78, 5) is 14.6. The van der Waals surface area contributed by atoms with Crippen LogP contribution < -0.4 is 4.72 Å². The minimum Gasteiger partial charge on any atom is -0.341 e. The van der Waals surface area contributed by atoms with Crippen molar-refractivity contribution in [2.45, 2.75) is 55.5 Å². The van der Waals surface area contributed by atoms with Crippen LogP contribution in [0.4, 0.5) is 0 Å². The van der Waals surface area contributed by atoms with Crippen molar-refractivity contribution in [1.82, 2.24) is 9.62 Å². The van der Waals surface area contributed by atoms with Gasteiger partial charge in [0, 0.05) is 18.1 Å². The van der Waals surface area contributed by atoms with Gasteiger partial charge in [0.2, 0.25) is 15.9 Å². The maximum atomic E-state index is 13.0. The molecule has 5 nitrogen and oxygen atoms in total.